The molecule has 0 aliphatic heterocycles. The normalized spacial score (nSPS) is 12.0. The van der Waals surface area contributed by atoms with E-state index in [0.29, 0.717) is 28.9 Å². The lowest BCUT2D eigenvalue weighted by molar-refractivity contribution is 0.125. The highest BCUT2D eigenvalue weighted by Gasteiger charge is 2.26. The Hall–Kier alpha value is -2.70. The number of alkyl halides is 1. The number of aliphatic hydroxyl groups is 1. The first-order valence-electron chi connectivity index (χ1n) is 10.7. The predicted octanol–water partition coefficient (Wildman–Crippen LogP) is 5.57. The number of rotatable bonds is 11. The van der Waals surface area contributed by atoms with E-state index in [0.717, 1.165) is 16.8 Å². The highest BCUT2D eigenvalue weighted by Crippen LogP contribution is 2.38. The molecular formula is C25H26Cl2N4O3S. The van der Waals surface area contributed by atoms with Crippen molar-refractivity contribution in [2.45, 2.75) is 32.0 Å². The number of nitrogens with zero attached hydrogens (tertiary/aromatic N) is 3. The van der Waals surface area contributed by atoms with Crippen LogP contribution in [0.5, 0.6) is 11.5 Å². The van der Waals surface area contributed by atoms with Crippen LogP contribution in [0.25, 0.3) is 0 Å². The zero-order valence-electron chi connectivity index (χ0n) is 19.6. The van der Waals surface area contributed by atoms with Gasteiger partial charge >= 0.3 is 0 Å². The second-order valence-corrected chi connectivity index (χ2v) is 9.51. The van der Waals surface area contributed by atoms with Crippen LogP contribution in [-0.2, 0) is 12.0 Å². The second kappa shape index (κ2) is 12.3. The predicted molar refractivity (Wildman–Crippen MR) is 140 cm³/mol. The van der Waals surface area contributed by atoms with E-state index in [1.807, 2.05) is 36.6 Å². The molecule has 0 saturated heterocycles. The minimum Gasteiger partial charge on any atom is -0.488 e. The summed E-state index contributed by atoms with van der Waals surface area (Å²) >= 11 is 13.5. The van der Waals surface area contributed by atoms with Crippen LogP contribution in [0.2, 0.25) is 5.02 Å². The third-order valence-electron chi connectivity index (χ3n) is 5.35. The average molecular weight is 533 g/mol. The number of nitriles is 1. The molecule has 35 heavy (non-hydrogen) atoms. The molecule has 1 aromatic heterocycles. The molecule has 2 N–H and O–H groups in total. The van der Waals surface area contributed by atoms with Crippen LogP contribution in [0, 0.1) is 11.3 Å². The van der Waals surface area contributed by atoms with Gasteiger partial charge in [-0.25, -0.2) is 9.97 Å². The highest BCUT2D eigenvalue weighted by molar-refractivity contribution is 7.99. The molecule has 10 heteroatoms. The summed E-state index contributed by atoms with van der Waals surface area (Å²) in [6.45, 7) is 4.37. The Bertz CT molecular complexity index is 1190. The van der Waals surface area contributed by atoms with Gasteiger partial charge in [0.15, 0.2) is 5.75 Å². The molecule has 0 bridgehead atoms. The number of hydrogen-bond acceptors (Lipinski definition) is 8. The summed E-state index contributed by atoms with van der Waals surface area (Å²) in [5.74, 6) is 1.51. The van der Waals surface area contributed by atoms with E-state index in [1.165, 1.54) is 11.9 Å². The summed E-state index contributed by atoms with van der Waals surface area (Å²) in [5.41, 5.74) is 2.48. The molecule has 184 valence electrons. The van der Waals surface area contributed by atoms with Crippen molar-refractivity contribution < 1.29 is 14.6 Å². The summed E-state index contributed by atoms with van der Waals surface area (Å²) < 4.78 is 14.5. The lowest BCUT2D eigenvalue weighted by Gasteiger charge is -2.27. The number of ether oxygens (including phenoxy) is 2. The van der Waals surface area contributed by atoms with Gasteiger partial charge in [-0.05, 0) is 41.5 Å². The number of anilines is 1. The Balaban J connectivity index is 1.75. The van der Waals surface area contributed by atoms with Gasteiger partial charge in [0.25, 0.3) is 0 Å². The molecule has 1 atom stereocenters. The van der Waals surface area contributed by atoms with Crippen molar-refractivity contribution in [2.75, 3.05) is 23.5 Å². The standard InChI is InChI=1S/C25H26Cl2N4O3S/c1-25(2,18-10-16(13-28)23(22(27)11-18)34-15-20(32)12-26)17-4-6-21(7-5-17)33-14-19-8-9-29-24(30-19)31-35-3/h4-11,20,32H,12,14-15H2,1-3H3,(H,29,30,31). The van der Waals surface area contributed by atoms with Crippen molar-refractivity contribution in [3.8, 4) is 17.6 Å². The molecular weight excluding hydrogens is 507 g/mol. The quantitative estimate of drug-likeness (QED) is 0.244. The third kappa shape index (κ3) is 6.92. The number of aromatic nitrogens is 2. The van der Waals surface area contributed by atoms with Crippen LogP contribution in [0.15, 0.2) is 48.7 Å². The van der Waals surface area contributed by atoms with Gasteiger partial charge in [0, 0.05) is 17.9 Å². The molecule has 0 radical (unpaired) electrons. The Morgan fingerprint density at radius 2 is 1.91 bits per heavy atom. The van der Waals surface area contributed by atoms with Crippen LogP contribution in [0.1, 0.15) is 36.2 Å². The lowest BCUT2D eigenvalue weighted by atomic mass is 9.77. The van der Waals surface area contributed by atoms with Gasteiger partial charge in [0.1, 0.15) is 31.1 Å². The van der Waals surface area contributed by atoms with Gasteiger partial charge in [-0.2, -0.15) is 5.26 Å². The topological polar surface area (TPSA) is 100 Å². The molecule has 3 aromatic rings. The van der Waals surface area contributed by atoms with Gasteiger partial charge in [0.05, 0.1) is 22.2 Å². The fourth-order valence-electron chi connectivity index (χ4n) is 3.32. The van der Waals surface area contributed by atoms with E-state index in [9.17, 15) is 10.4 Å². The van der Waals surface area contributed by atoms with Gasteiger partial charge < -0.3 is 14.6 Å². The number of benzene rings is 2. The molecule has 0 fully saturated rings. The van der Waals surface area contributed by atoms with Gasteiger partial charge in [-0.3, -0.25) is 4.72 Å². The van der Waals surface area contributed by atoms with Crippen molar-refractivity contribution in [2.24, 2.45) is 0 Å². The summed E-state index contributed by atoms with van der Waals surface area (Å²) in [5, 5.41) is 19.6. The molecule has 0 amide bonds. The van der Waals surface area contributed by atoms with E-state index >= 15 is 0 Å². The Morgan fingerprint density at radius 1 is 1.17 bits per heavy atom. The summed E-state index contributed by atoms with van der Waals surface area (Å²) in [4.78, 5) is 8.54. The van der Waals surface area contributed by atoms with Crippen molar-refractivity contribution in [3.05, 3.63) is 76.1 Å². The number of aliphatic hydroxyl groups excluding tert-OH is 1. The van der Waals surface area contributed by atoms with Crippen LogP contribution >= 0.6 is 35.1 Å². The molecule has 0 saturated carbocycles. The first kappa shape index (κ1) is 26.9. The van der Waals surface area contributed by atoms with Crippen molar-refractivity contribution >= 4 is 41.1 Å². The van der Waals surface area contributed by atoms with Gasteiger partial charge in [-0.1, -0.05) is 49.5 Å². The largest absolute Gasteiger partial charge is 0.488 e. The Labute approximate surface area is 219 Å². The minimum absolute atomic E-state index is 0.0274. The molecule has 0 aliphatic carbocycles. The van der Waals surface area contributed by atoms with Crippen LogP contribution < -0.4 is 14.2 Å². The zero-order chi connectivity index (χ0) is 25.4. The molecule has 3 rings (SSSR count). The maximum absolute atomic E-state index is 9.66. The van der Waals surface area contributed by atoms with Crippen LogP contribution in [-0.4, -0.2) is 39.9 Å². The van der Waals surface area contributed by atoms with Crippen LogP contribution in [0.4, 0.5) is 5.95 Å². The van der Waals surface area contributed by atoms with E-state index in [4.69, 9.17) is 32.7 Å². The number of hydrogen-bond donors (Lipinski definition) is 2. The summed E-state index contributed by atoms with van der Waals surface area (Å²) in [6.07, 6.45) is 2.74. The number of nitrogens with one attached hydrogen (secondary N) is 1. The van der Waals surface area contributed by atoms with Gasteiger partial charge in [0.2, 0.25) is 5.95 Å². The average Bonchev–Trinajstić information content (AvgIpc) is 2.86. The summed E-state index contributed by atoms with van der Waals surface area (Å²) in [6, 6.07) is 15.3. The first-order chi connectivity index (χ1) is 16.8. The monoisotopic (exact) mass is 532 g/mol. The van der Waals surface area contributed by atoms with E-state index in [2.05, 4.69) is 34.6 Å². The molecule has 1 unspecified atom stereocenters. The SMILES string of the molecule is CSNc1nccc(COc2ccc(C(C)(C)c3cc(Cl)c(OCC(O)CCl)c(C#N)c3)cc2)n1. The smallest absolute Gasteiger partial charge is 0.233 e. The maximum atomic E-state index is 9.66. The van der Waals surface area contributed by atoms with E-state index in [1.54, 1.807) is 18.3 Å². The minimum atomic E-state index is -0.848. The van der Waals surface area contributed by atoms with E-state index < -0.39 is 11.5 Å². The summed E-state index contributed by atoms with van der Waals surface area (Å²) in [7, 11) is 0. The molecule has 7 nitrogen and oxygen atoms in total. The first-order valence-corrected chi connectivity index (χ1v) is 12.9. The zero-order valence-corrected chi connectivity index (χ0v) is 21.9. The molecule has 1 heterocycles. The third-order valence-corrected chi connectivity index (χ3v) is 6.38. The van der Waals surface area contributed by atoms with Crippen molar-refractivity contribution in [1.29, 1.82) is 5.26 Å². The van der Waals surface area contributed by atoms with Gasteiger partial charge in [-0.15, -0.1) is 11.6 Å². The lowest BCUT2D eigenvalue weighted by Crippen LogP contribution is -2.21. The van der Waals surface area contributed by atoms with E-state index in [-0.39, 0.29) is 18.2 Å². The Morgan fingerprint density at radius 3 is 2.57 bits per heavy atom. The highest BCUT2D eigenvalue weighted by atomic mass is 35.5. The second-order valence-electron chi connectivity index (χ2n) is 8.18. The van der Waals surface area contributed by atoms with Crippen LogP contribution in [0.3, 0.4) is 0 Å². The molecule has 0 aliphatic rings. The maximum Gasteiger partial charge on any atom is 0.233 e. The number of halogens is 2. The van der Waals surface area contributed by atoms with Crippen molar-refractivity contribution in [1.82, 2.24) is 9.97 Å². The fourth-order valence-corrected chi connectivity index (χ4v) is 3.96. The molecule has 2 aromatic carbocycles. The van der Waals surface area contributed by atoms with Crippen molar-refractivity contribution in [3.63, 3.8) is 0 Å². The fraction of sp³-hybridized carbons (Fsp3) is 0.320. The molecule has 0 spiro atoms. The Kier molecular flexibility index (Phi) is 9.47.